The van der Waals surface area contributed by atoms with Gasteiger partial charge in [0.1, 0.15) is 0 Å². The Morgan fingerprint density at radius 2 is 2.08 bits per heavy atom. The topological polar surface area (TPSA) is 75.4 Å². The molecule has 1 atom stereocenters. The van der Waals surface area contributed by atoms with Gasteiger partial charge in [0.05, 0.1) is 28.1 Å². The molecule has 2 aromatic heterocycles. The zero-order valence-corrected chi connectivity index (χ0v) is 14.8. The highest BCUT2D eigenvalue weighted by Gasteiger charge is 2.28. The first-order valence-corrected chi connectivity index (χ1v) is 8.96. The summed E-state index contributed by atoms with van der Waals surface area (Å²) in [6, 6.07) is 3.85. The zero-order chi connectivity index (χ0) is 17.3. The molecule has 0 saturated carbocycles. The molecule has 128 valence electrons. The number of carboxylic acid groups (broad SMARTS) is 1. The lowest BCUT2D eigenvalue weighted by Gasteiger charge is -2.33. The number of rotatable bonds is 4. The fraction of sp³-hybridized carbons (Fsp3) is 0.438. The van der Waals surface area contributed by atoms with E-state index in [0.717, 1.165) is 17.7 Å². The van der Waals surface area contributed by atoms with Gasteiger partial charge in [-0.2, -0.15) is 5.10 Å². The number of carbonyl (C=O) groups is 2. The number of thiophene rings is 1. The summed E-state index contributed by atoms with van der Waals surface area (Å²) in [5, 5.41) is 13.1. The molecule has 1 unspecified atom stereocenters. The number of halogens is 1. The number of hydrogen-bond donors (Lipinski definition) is 1. The molecule has 0 bridgehead atoms. The molecule has 1 aliphatic heterocycles. The third kappa shape index (κ3) is 3.47. The summed E-state index contributed by atoms with van der Waals surface area (Å²) < 4.78 is 2.39. The summed E-state index contributed by atoms with van der Waals surface area (Å²) in [5.74, 6) is -1.06. The van der Waals surface area contributed by atoms with Gasteiger partial charge < -0.3 is 10.0 Å². The minimum absolute atomic E-state index is 0.110. The molecule has 2 aromatic rings. The van der Waals surface area contributed by atoms with Crippen LogP contribution in [0.1, 0.15) is 47.0 Å². The Balaban J connectivity index is 1.59. The van der Waals surface area contributed by atoms with E-state index in [0.29, 0.717) is 17.4 Å². The van der Waals surface area contributed by atoms with Crippen molar-refractivity contribution in [3.8, 4) is 0 Å². The fourth-order valence-electron chi connectivity index (χ4n) is 2.96. The summed E-state index contributed by atoms with van der Waals surface area (Å²) in [7, 11) is 0. The third-order valence-electron chi connectivity index (χ3n) is 4.39. The van der Waals surface area contributed by atoms with Crippen LogP contribution in [0.5, 0.6) is 0 Å². The van der Waals surface area contributed by atoms with Crippen LogP contribution in [-0.4, -0.2) is 44.8 Å². The number of nitrogens with zero attached hydrogens (tertiary/aromatic N) is 3. The second kappa shape index (κ2) is 6.94. The van der Waals surface area contributed by atoms with Crippen LogP contribution in [0.4, 0.5) is 0 Å². The Labute approximate surface area is 148 Å². The van der Waals surface area contributed by atoms with Gasteiger partial charge in [-0.25, -0.2) is 4.79 Å². The molecule has 6 nitrogen and oxygen atoms in total. The molecule has 0 spiro atoms. The number of aromatic carboxylic acids is 1. The first-order valence-electron chi connectivity index (χ1n) is 7.77. The van der Waals surface area contributed by atoms with E-state index < -0.39 is 5.97 Å². The summed E-state index contributed by atoms with van der Waals surface area (Å²) in [6.07, 6.45) is 4.46. The Morgan fingerprint density at radius 1 is 1.38 bits per heavy atom. The quantitative estimate of drug-likeness (QED) is 0.899. The Bertz CT molecular complexity index is 749. The number of piperidine rings is 1. The fourth-order valence-corrected chi connectivity index (χ4v) is 4.06. The van der Waals surface area contributed by atoms with Crippen molar-refractivity contribution < 1.29 is 14.7 Å². The molecule has 1 N–H and O–H groups in total. The second-order valence-electron chi connectivity index (χ2n) is 5.93. The van der Waals surface area contributed by atoms with Gasteiger partial charge in [-0.05, 0) is 31.9 Å². The predicted octanol–water partition coefficient (Wildman–Crippen LogP) is 3.26. The highest BCUT2D eigenvalue weighted by Crippen LogP contribution is 2.31. The first-order chi connectivity index (χ1) is 11.5. The van der Waals surface area contributed by atoms with E-state index in [1.165, 1.54) is 17.5 Å². The highest BCUT2D eigenvalue weighted by molar-refractivity contribution is 7.16. The molecule has 8 heteroatoms. The summed E-state index contributed by atoms with van der Waals surface area (Å²) in [5.41, 5.74) is 0.191. The van der Waals surface area contributed by atoms with E-state index in [1.54, 1.807) is 10.9 Å². The van der Waals surface area contributed by atoms with Gasteiger partial charge in [-0.1, -0.05) is 11.6 Å². The van der Waals surface area contributed by atoms with Crippen molar-refractivity contribution in [1.82, 2.24) is 14.7 Å². The van der Waals surface area contributed by atoms with Gasteiger partial charge in [0.15, 0.2) is 0 Å². The predicted molar refractivity (Wildman–Crippen MR) is 91.8 cm³/mol. The standard InChI is InChI=1S/C16H18ClN3O3S/c1-10(13-2-3-14(17)24-13)15(21)19-6-4-12(5-7-19)20-9-11(8-18-20)16(22)23/h2-3,8-10,12H,4-7H2,1H3,(H,22,23). The molecular weight excluding hydrogens is 350 g/mol. The van der Waals surface area contributed by atoms with Crippen LogP contribution in [-0.2, 0) is 4.79 Å². The maximum absolute atomic E-state index is 12.6. The van der Waals surface area contributed by atoms with E-state index in [9.17, 15) is 9.59 Å². The molecule has 1 saturated heterocycles. The van der Waals surface area contributed by atoms with Gasteiger partial charge >= 0.3 is 5.97 Å². The monoisotopic (exact) mass is 367 g/mol. The maximum Gasteiger partial charge on any atom is 0.338 e. The number of carboxylic acids is 1. The Kier molecular flexibility index (Phi) is 4.91. The maximum atomic E-state index is 12.6. The van der Waals surface area contributed by atoms with Gasteiger partial charge in [-0.3, -0.25) is 9.48 Å². The van der Waals surface area contributed by atoms with Crippen LogP contribution in [0.2, 0.25) is 4.34 Å². The van der Waals surface area contributed by atoms with Gasteiger partial charge in [0, 0.05) is 24.2 Å². The minimum Gasteiger partial charge on any atom is -0.478 e. The zero-order valence-electron chi connectivity index (χ0n) is 13.2. The number of carbonyl (C=O) groups excluding carboxylic acids is 1. The molecular formula is C16H18ClN3O3S. The second-order valence-corrected chi connectivity index (χ2v) is 7.68. The summed E-state index contributed by atoms with van der Waals surface area (Å²) in [4.78, 5) is 26.4. The third-order valence-corrected chi connectivity index (χ3v) is 5.80. The molecule has 24 heavy (non-hydrogen) atoms. The van der Waals surface area contributed by atoms with Crippen molar-refractivity contribution in [1.29, 1.82) is 0 Å². The van der Waals surface area contributed by atoms with E-state index in [-0.39, 0.29) is 23.4 Å². The van der Waals surface area contributed by atoms with Crippen LogP contribution in [0.25, 0.3) is 0 Å². The molecule has 1 amide bonds. The van der Waals surface area contributed by atoms with E-state index in [1.807, 2.05) is 24.0 Å². The lowest BCUT2D eigenvalue weighted by atomic mass is 10.0. The average molecular weight is 368 g/mol. The lowest BCUT2D eigenvalue weighted by Crippen LogP contribution is -2.41. The van der Waals surface area contributed by atoms with Crippen molar-refractivity contribution in [2.75, 3.05) is 13.1 Å². The van der Waals surface area contributed by atoms with Gasteiger partial charge in [0.25, 0.3) is 0 Å². The van der Waals surface area contributed by atoms with Crippen LogP contribution in [0, 0.1) is 0 Å². The molecule has 1 aliphatic rings. The van der Waals surface area contributed by atoms with Gasteiger partial charge in [-0.15, -0.1) is 11.3 Å². The normalized spacial score (nSPS) is 17.0. The average Bonchev–Trinajstić information content (AvgIpc) is 3.23. The minimum atomic E-state index is -0.975. The first kappa shape index (κ1) is 17.0. The highest BCUT2D eigenvalue weighted by atomic mass is 35.5. The van der Waals surface area contributed by atoms with Crippen molar-refractivity contribution in [3.63, 3.8) is 0 Å². The van der Waals surface area contributed by atoms with E-state index >= 15 is 0 Å². The Morgan fingerprint density at radius 3 is 2.62 bits per heavy atom. The summed E-state index contributed by atoms with van der Waals surface area (Å²) >= 11 is 7.39. The summed E-state index contributed by atoms with van der Waals surface area (Å²) in [6.45, 7) is 3.20. The van der Waals surface area contributed by atoms with Crippen LogP contribution < -0.4 is 0 Å². The van der Waals surface area contributed by atoms with Gasteiger partial charge in [0.2, 0.25) is 5.91 Å². The number of aromatic nitrogens is 2. The largest absolute Gasteiger partial charge is 0.478 e. The van der Waals surface area contributed by atoms with Crippen LogP contribution in [0.3, 0.4) is 0 Å². The molecule has 3 heterocycles. The van der Waals surface area contributed by atoms with Crippen molar-refractivity contribution in [2.45, 2.75) is 31.7 Å². The molecule has 0 aromatic carbocycles. The smallest absolute Gasteiger partial charge is 0.338 e. The van der Waals surface area contributed by atoms with Crippen LogP contribution in [0.15, 0.2) is 24.5 Å². The molecule has 0 radical (unpaired) electrons. The van der Waals surface area contributed by atoms with Crippen LogP contribution >= 0.6 is 22.9 Å². The SMILES string of the molecule is CC(C(=O)N1CCC(n2cc(C(=O)O)cn2)CC1)c1ccc(Cl)s1. The number of amides is 1. The van der Waals surface area contributed by atoms with E-state index in [4.69, 9.17) is 16.7 Å². The van der Waals surface area contributed by atoms with E-state index in [2.05, 4.69) is 5.10 Å². The number of likely N-dealkylation sites (tertiary alicyclic amines) is 1. The van der Waals surface area contributed by atoms with Crippen molar-refractivity contribution in [2.24, 2.45) is 0 Å². The number of hydrogen-bond acceptors (Lipinski definition) is 4. The van der Waals surface area contributed by atoms with Crippen molar-refractivity contribution in [3.05, 3.63) is 39.3 Å². The Hall–Kier alpha value is -1.86. The molecule has 0 aliphatic carbocycles. The lowest BCUT2D eigenvalue weighted by molar-refractivity contribution is -0.133. The molecule has 3 rings (SSSR count). The van der Waals surface area contributed by atoms with Crippen molar-refractivity contribution >= 4 is 34.8 Å². The molecule has 1 fully saturated rings.